The minimum atomic E-state index is -0.462. The Hall–Kier alpha value is -2.87. The van der Waals surface area contributed by atoms with E-state index in [-0.39, 0.29) is 5.69 Å². The third kappa shape index (κ3) is 2.69. The average Bonchev–Trinajstić information content (AvgIpc) is 2.81. The first-order chi connectivity index (χ1) is 9.11. The molecule has 0 fully saturated rings. The van der Waals surface area contributed by atoms with Gasteiger partial charge in [-0.25, -0.2) is 0 Å². The Bertz CT molecular complexity index is 675. The highest BCUT2D eigenvalue weighted by molar-refractivity contribution is 5.89. The van der Waals surface area contributed by atoms with Crippen molar-refractivity contribution in [2.75, 3.05) is 0 Å². The standard InChI is InChI=1S/C14H11N3O2/c1-16-8-2-3-14(16)9-12(10-15)11-4-6-13(7-5-11)17(18)19/h2-9H,1H3/b12-9+. The van der Waals surface area contributed by atoms with Crippen LogP contribution in [-0.2, 0) is 7.05 Å². The van der Waals surface area contributed by atoms with E-state index < -0.39 is 4.92 Å². The van der Waals surface area contributed by atoms with Crippen molar-refractivity contribution >= 4 is 17.3 Å². The highest BCUT2D eigenvalue weighted by Crippen LogP contribution is 2.20. The fourth-order valence-electron chi connectivity index (χ4n) is 1.72. The number of allylic oxidation sites excluding steroid dienone is 1. The summed E-state index contributed by atoms with van der Waals surface area (Å²) in [7, 11) is 1.89. The fourth-order valence-corrected chi connectivity index (χ4v) is 1.72. The van der Waals surface area contributed by atoms with E-state index in [2.05, 4.69) is 6.07 Å². The molecule has 1 aromatic carbocycles. The summed E-state index contributed by atoms with van der Waals surface area (Å²) < 4.78 is 1.89. The van der Waals surface area contributed by atoms with Crippen molar-refractivity contribution < 1.29 is 4.92 Å². The van der Waals surface area contributed by atoms with Crippen LogP contribution in [0.5, 0.6) is 0 Å². The van der Waals surface area contributed by atoms with Crippen molar-refractivity contribution in [3.8, 4) is 6.07 Å². The van der Waals surface area contributed by atoms with Gasteiger partial charge in [0.1, 0.15) is 0 Å². The second kappa shape index (κ2) is 5.19. The summed E-state index contributed by atoms with van der Waals surface area (Å²) in [5.41, 5.74) is 2.04. The van der Waals surface area contributed by atoms with Gasteiger partial charge in [0.2, 0.25) is 0 Å². The third-order valence-electron chi connectivity index (χ3n) is 2.79. The van der Waals surface area contributed by atoms with E-state index in [0.29, 0.717) is 11.1 Å². The maximum atomic E-state index is 10.6. The van der Waals surface area contributed by atoms with Crippen LogP contribution in [0.1, 0.15) is 11.3 Å². The van der Waals surface area contributed by atoms with Crippen molar-refractivity contribution in [2.24, 2.45) is 7.05 Å². The minimum absolute atomic E-state index is 0.0138. The number of aromatic nitrogens is 1. The van der Waals surface area contributed by atoms with E-state index in [1.807, 2.05) is 29.9 Å². The number of non-ortho nitro benzene ring substituents is 1. The van der Waals surface area contributed by atoms with Crippen LogP contribution in [-0.4, -0.2) is 9.49 Å². The SMILES string of the molecule is Cn1cccc1/C=C(\C#N)c1ccc([N+](=O)[O-])cc1. The summed E-state index contributed by atoms with van der Waals surface area (Å²) >= 11 is 0. The molecular weight excluding hydrogens is 242 g/mol. The maximum Gasteiger partial charge on any atom is 0.269 e. The van der Waals surface area contributed by atoms with Gasteiger partial charge >= 0.3 is 0 Å². The van der Waals surface area contributed by atoms with Crippen LogP contribution in [0.4, 0.5) is 5.69 Å². The van der Waals surface area contributed by atoms with Crippen molar-refractivity contribution in [3.05, 3.63) is 64.0 Å². The summed E-state index contributed by atoms with van der Waals surface area (Å²) in [5, 5.41) is 19.8. The molecule has 2 rings (SSSR count). The molecule has 0 aliphatic rings. The largest absolute Gasteiger partial charge is 0.351 e. The Morgan fingerprint density at radius 2 is 2.05 bits per heavy atom. The number of hydrogen-bond donors (Lipinski definition) is 0. The van der Waals surface area contributed by atoms with E-state index >= 15 is 0 Å². The number of hydrogen-bond acceptors (Lipinski definition) is 3. The lowest BCUT2D eigenvalue weighted by Crippen LogP contribution is -1.90. The first-order valence-corrected chi connectivity index (χ1v) is 5.60. The molecule has 19 heavy (non-hydrogen) atoms. The van der Waals surface area contributed by atoms with Crippen LogP contribution in [0.15, 0.2) is 42.6 Å². The Kier molecular flexibility index (Phi) is 3.44. The van der Waals surface area contributed by atoms with Crippen LogP contribution in [0, 0.1) is 21.4 Å². The van der Waals surface area contributed by atoms with Gasteiger partial charge in [0.25, 0.3) is 5.69 Å². The molecule has 0 spiro atoms. The summed E-state index contributed by atoms with van der Waals surface area (Å²) in [6.07, 6.45) is 3.64. The molecule has 0 saturated carbocycles. The lowest BCUT2D eigenvalue weighted by Gasteiger charge is -2.01. The minimum Gasteiger partial charge on any atom is -0.351 e. The predicted molar refractivity (Wildman–Crippen MR) is 72.0 cm³/mol. The van der Waals surface area contributed by atoms with Crippen LogP contribution < -0.4 is 0 Å². The summed E-state index contributed by atoms with van der Waals surface area (Å²) in [4.78, 5) is 10.1. The van der Waals surface area contributed by atoms with Crippen molar-refractivity contribution in [3.63, 3.8) is 0 Å². The van der Waals surface area contributed by atoms with E-state index in [4.69, 9.17) is 0 Å². The molecule has 5 nitrogen and oxygen atoms in total. The Labute approximate surface area is 110 Å². The van der Waals surface area contributed by atoms with E-state index in [9.17, 15) is 15.4 Å². The zero-order chi connectivity index (χ0) is 13.8. The molecular formula is C14H11N3O2. The zero-order valence-corrected chi connectivity index (χ0v) is 10.3. The number of rotatable bonds is 3. The lowest BCUT2D eigenvalue weighted by atomic mass is 10.1. The monoisotopic (exact) mass is 253 g/mol. The molecule has 0 bridgehead atoms. The van der Waals surface area contributed by atoms with Gasteiger partial charge in [0.05, 0.1) is 16.6 Å². The van der Waals surface area contributed by atoms with Gasteiger partial charge in [-0.15, -0.1) is 0 Å². The molecule has 0 saturated heterocycles. The second-order valence-corrected chi connectivity index (χ2v) is 4.02. The van der Waals surface area contributed by atoms with Crippen LogP contribution in [0.2, 0.25) is 0 Å². The summed E-state index contributed by atoms with van der Waals surface area (Å²) in [6, 6.07) is 11.8. The molecule has 0 amide bonds. The third-order valence-corrected chi connectivity index (χ3v) is 2.79. The van der Waals surface area contributed by atoms with Gasteiger partial charge < -0.3 is 4.57 Å². The van der Waals surface area contributed by atoms with E-state index in [1.54, 1.807) is 18.2 Å². The first kappa shape index (κ1) is 12.6. The molecule has 0 N–H and O–H groups in total. The normalized spacial score (nSPS) is 11.1. The van der Waals surface area contributed by atoms with Gasteiger partial charge in [-0.2, -0.15) is 5.26 Å². The highest BCUT2D eigenvalue weighted by Gasteiger charge is 2.07. The van der Waals surface area contributed by atoms with Crippen LogP contribution in [0.25, 0.3) is 11.6 Å². The van der Waals surface area contributed by atoms with Crippen molar-refractivity contribution in [1.82, 2.24) is 4.57 Å². The van der Waals surface area contributed by atoms with E-state index in [1.165, 1.54) is 12.1 Å². The number of nitro groups is 1. The zero-order valence-electron chi connectivity index (χ0n) is 10.3. The number of aryl methyl sites for hydroxylation is 1. The molecule has 0 aliphatic heterocycles. The predicted octanol–water partition coefficient (Wildman–Crippen LogP) is 3.00. The quantitative estimate of drug-likeness (QED) is 0.479. The summed E-state index contributed by atoms with van der Waals surface area (Å²) in [6.45, 7) is 0. The number of benzene rings is 1. The molecule has 0 radical (unpaired) electrons. The van der Waals surface area contributed by atoms with Crippen molar-refractivity contribution in [2.45, 2.75) is 0 Å². The second-order valence-electron chi connectivity index (χ2n) is 4.02. The number of nitrogens with zero attached hydrogens (tertiary/aromatic N) is 3. The smallest absolute Gasteiger partial charge is 0.269 e. The van der Waals surface area contributed by atoms with Gasteiger partial charge in [0, 0.05) is 31.1 Å². The molecule has 2 aromatic rings. The van der Waals surface area contributed by atoms with Gasteiger partial charge in [0.15, 0.2) is 0 Å². The van der Waals surface area contributed by atoms with E-state index in [0.717, 1.165) is 5.69 Å². The van der Waals surface area contributed by atoms with Crippen LogP contribution >= 0.6 is 0 Å². The topological polar surface area (TPSA) is 71.9 Å². The Morgan fingerprint density at radius 1 is 1.37 bits per heavy atom. The Morgan fingerprint density at radius 3 is 2.53 bits per heavy atom. The van der Waals surface area contributed by atoms with Gasteiger partial charge in [-0.3, -0.25) is 10.1 Å². The fraction of sp³-hybridized carbons (Fsp3) is 0.0714. The molecule has 1 heterocycles. The molecule has 1 aromatic heterocycles. The molecule has 0 unspecified atom stereocenters. The maximum absolute atomic E-state index is 10.6. The molecule has 0 aliphatic carbocycles. The lowest BCUT2D eigenvalue weighted by molar-refractivity contribution is -0.384. The molecule has 5 heteroatoms. The molecule has 94 valence electrons. The highest BCUT2D eigenvalue weighted by atomic mass is 16.6. The van der Waals surface area contributed by atoms with Crippen LogP contribution in [0.3, 0.4) is 0 Å². The molecule has 0 atom stereocenters. The van der Waals surface area contributed by atoms with Crippen molar-refractivity contribution in [1.29, 1.82) is 5.26 Å². The average molecular weight is 253 g/mol. The van der Waals surface area contributed by atoms with Gasteiger partial charge in [-0.05, 0) is 35.9 Å². The first-order valence-electron chi connectivity index (χ1n) is 5.60. The number of nitriles is 1. The Balaban J connectivity index is 2.38. The number of nitro benzene ring substituents is 1. The van der Waals surface area contributed by atoms with Gasteiger partial charge in [-0.1, -0.05) is 0 Å². The summed E-state index contributed by atoms with van der Waals surface area (Å²) in [5.74, 6) is 0.